The molecule has 0 aliphatic carbocycles. The number of carbonyl (C=O) groups is 1. The number of amides is 1. The molecule has 0 aromatic heterocycles. The van der Waals surface area contributed by atoms with Crippen LogP contribution in [0.3, 0.4) is 0 Å². The highest BCUT2D eigenvalue weighted by Crippen LogP contribution is 2.24. The lowest BCUT2D eigenvalue weighted by Crippen LogP contribution is -2.48. The molecule has 2 rings (SSSR count). The zero-order chi connectivity index (χ0) is 15.8. The maximum Gasteiger partial charge on any atom is 0.223 e. The van der Waals surface area contributed by atoms with Crippen LogP contribution in [0.4, 0.5) is 4.39 Å². The van der Waals surface area contributed by atoms with Crippen LogP contribution in [0, 0.1) is 5.82 Å². The molecule has 0 radical (unpaired) electrons. The molecule has 3 N–H and O–H groups in total. The minimum absolute atomic E-state index is 0.0685. The number of carbonyl (C=O) groups excluding carboxylic acids is 1. The van der Waals surface area contributed by atoms with E-state index in [0.717, 1.165) is 37.8 Å². The van der Waals surface area contributed by atoms with Gasteiger partial charge in [-0.3, -0.25) is 4.79 Å². The maximum atomic E-state index is 13.4. The van der Waals surface area contributed by atoms with Crippen LogP contribution in [0.25, 0.3) is 0 Å². The molecule has 1 aromatic rings. The normalized spacial score (nSPS) is 18.5. The number of hydrogen-bond donors (Lipinski definition) is 2. The maximum absolute atomic E-state index is 13.4. The minimum atomic E-state index is -0.253. The summed E-state index contributed by atoms with van der Waals surface area (Å²) in [6.07, 6.45) is 4.61. The highest BCUT2D eigenvalue weighted by molar-refractivity contribution is 5.76. The van der Waals surface area contributed by atoms with E-state index in [1.54, 1.807) is 6.07 Å². The molecule has 0 spiro atoms. The molecular weight excluding hydrogens is 281 g/mol. The van der Waals surface area contributed by atoms with Crippen molar-refractivity contribution in [3.05, 3.63) is 35.6 Å². The van der Waals surface area contributed by atoms with E-state index in [1.165, 1.54) is 12.1 Å². The lowest BCUT2D eigenvalue weighted by Gasteiger charge is -2.36. The molecule has 1 aliphatic rings. The summed E-state index contributed by atoms with van der Waals surface area (Å²) >= 11 is 0. The second-order valence-corrected chi connectivity index (χ2v) is 5.81. The Labute approximate surface area is 131 Å². The molecule has 1 aromatic carbocycles. The summed E-state index contributed by atoms with van der Waals surface area (Å²) in [6, 6.07) is 6.49. The molecule has 5 heteroatoms. The molecule has 0 saturated carbocycles. The summed E-state index contributed by atoms with van der Waals surface area (Å²) < 4.78 is 13.4. The van der Waals surface area contributed by atoms with Crippen LogP contribution in [0.1, 0.15) is 43.7 Å². The van der Waals surface area contributed by atoms with E-state index >= 15 is 0 Å². The largest absolute Gasteiger partial charge is 0.333 e. The molecule has 1 heterocycles. The van der Waals surface area contributed by atoms with Gasteiger partial charge in [0.2, 0.25) is 5.91 Å². The first-order valence-electron chi connectivity index (χ1n) is 8.18. The quantitative estimate of drug-likeness (QED) is 0.759. The number of unbranched alkanes of at least 4 members (excludes halogenated alkanes) is 3. The van der Waals surface area contributed by atoms with Crippen molar-refractivity contribution in [1.82, 2.24) is 10.2 Å². The van der Waals surface area contributed by atoms with E-state index in [2.05, 4.69) is 5.32 Å². The molecule has 4 nitrogen and oxygen atoms in total. The van der Waals surface area contributed by atoms with Gasteiger partial charge in [0.25, 0.3) is 0 Å². The monoisotopic (exact) mass is 307 g/mol. The second kappa shape index (κ2) is 8.86. The second-order valence-electron chi connectivity index (χ2n) is 5.81. The van der Waals surface area contributed by atoms with E-state index in [1.807, 2.05) is 11.0 Å². The SMILES string of the molecule is NCCCCCCC(=O)N1CCNCC1c1cccc(F)c1. The van der Waals surface area contributed by atoms with Crippen molar-refractivity contribution in [2.24, 2.45) is 5.73 Å². The molecule has 1 amide bonds. The summed E-state index contributed by atoms with van der Waals surface area (Å²) in [6.45, 7) is 2.88. The van der Waals surface area contributed by atoms with Gasteiger partial charge in [0.05, 0.1) is 6.04 Å². The molecule has 1 unspecified atom stereocenters. The molecule has 1 aliphatic heterocycles. The van der Waals surface area contributed by atoms with Crippen molar-refractivity contribution in [2.45, 2.75) is 38.1 Å². The van der Waals surface area contributed by atoms with Crippen molar-refractivity contribution in [1.29, 1.82) is 0 Å². The number of nitrogens with two attached hydrogens (primary N) is 1. The molecule has 1 atom stereocenters. The first kappa shape index (κ1) is 16.9. The van der Waals surface area contributed by atoms with Crippen LogP contribution in [-0.2, 0) is 4.79 Å². The fraction of sp³-hybridized carbons (Fsp3) is 0.588. The average molecular weight is 307 g/mol. The van der Waals surface area contributed by atoms with E-state index in [-0.39, 0.29) is 17.8 Å². The van der Waals surface area contributed by atoms with Crippen molar-refractivity contribution in [2.75, 3.05) is 26.2 Å². The van der Waals surface area contributed by atoms with Gasteiger partial charge in [-0.2, -0.15) is 0 Å². The fourth-order valence-corrected chi connectivity index (χ4v) is 2.93. The van der Waals surface area contributed by atoms with Gasteiger partial charge in [0, 0.05) is 26.1 Å². The third-order valence-corrected chi connectivity index (χ3v) is 4.14. The van der Waals surface area contributed by atoms with Crippen LogP contribution in [0.5, 0.6) is 0 Å². The molecule has 122 valence electrons. The predicted molar refractivity (Wildman–Crippen MR) is 85.9 cm³/mol. The lowest BCUT2D eigenvalue weighted by atomic mass is 10.0. The minimum Gasteiger partial charge on any atom is -0.333 e. The number of halogens is 1. The van der Waals surface area contributed by atoms with Crippen LogP contribution >= 0.6 is 0 Å². The third kappa shape index (κ3) is 4.78. The van der Waals surface area contributed by atoms with Gasteiger partial charge in [-0.05, 0) is 37.1 Å². The zero-order valence-electron chi connectivity index (χ0n) is 13.1. The van der Waals surface area contributed by atoms with Crippen molar-refractivity contribution < 1.29 is 9.18 Å². The first-order valence-corrected chi connectivity index (χ1v) is 8.18. The van der Waals surface area contributed by atoms with Crippen LogP contribution in [-0.4, -0.2) is 37.0 Å². The van der Waals surface area contributed by atoms with Crippen molar-refractivity contribution in [3.8, 4) is 0 Å². The molecule has 1 saturated heterocycles. The van der Waals surface area contributed by atoms with Gasteiger partial charge in [0.15, 0.2) is 0 Å². The topological polar surface area (TPSA) is 58.4 Å². The van der Waals surface area contributed by atoms with Gasteiger partial charge in [0.1, 0.15) is 5.82 Å². The van der Waals surface area contributed by atoms with Crippen LogP contribution in [0.2, 0.25) is 0 Å². The smallest absolute Gasteiger partial charge is 0.223 e. The van der Waals surface area contributed by atoms with Gasteiger partial charge < -0.3 is 16.0 Å². The number of nitrogens with zero attached hydrogens (tertiary/aromatic N) is 1. The summed E-state index contributed by atoms with van der Waals surface area (Å²) in [5.41, 5.74) is 6.33. The van der Waals surface area contributed by atoms with Crippen molar-refractivity contribution >= 4 is 5.91 Å². The van der Waals surface area contributed by atoms with Gasteiger partial charge >= 0.3 is 0 Å². The highest BCUT2D eigenvalue weighted by Gasteiger charge is 2.27. The number of hydrogen-bond acceptors (Lipinski definition) is 3. The Balaban J connectivity index is 1.93. The predicted octanol–water partition coefficient (Wildman–Crippen LogP) is 2.21. The summed E-state index contributed by atoms with van der Waals surface area (Å²) in [5.74, 6) is -0.0826. The Morgan fingerprint density at radius 2 is 2.14 bits per heavy atom. The molecule has 1 fully saturated rings. The Bertz CT molecular complexity index is 481. The Morgan fingerprint density at radius 1 is 1.32 bits per heavy atom. The van der Waals surface area contributed by atoms with E-state index < -0.39 is 0 Å². The fourth-order valence-electron chi connectivity index (χ4n) is 2.93. The number of piperazine rings is 1. The summed E-state index contributed by atoms with van der Waals surface area (Å²) in [7, 11) is 0. The standard InChI is InChI=1S/C17H26FN3O/c18-15-7-5-6-14(12-15)16-13-20-10-11-21(16)17(22)8-3-1-2-4-9-19/h5-7,12,16,20H,1-4,8-11,13,19H2. The molecule has 0 bridgehead atoms. The van der Waals surface area contributed by atoms with Crippen molar-refractivity contribution in [3.63, 3.8) is 0 Å². The number of rotatable bonds is 7. The Hall–Kier alpha value is -1.46. The van der Waals surface area contributed by atoms with E-state index in [9.17, 15) is 9.18 Å². The number of benzene rings is 1. The van der Waals surface area contributed by atoms with Gasteiger partial charge in [-0.1, -0.05) is 25.0 Å². The summed E-state index contributed by atoms with van der Waals surface area (Å²) in [4.78, 5) is 14.4. The average Bonchev–Trinajstić information content (AvgIpc) is 2.54. The third-order valence-electron chi connectivity index (χ3n) is 4.14. The lowest BCUT2D eigenvalue weighted by molar-refractivity contribution is -0.134. The van der Waals surface area contributed by atoms with E-state index in [0.29, 0.717) is 26.1 Å². The molecule has 22 heavy (non-hydrogen) atoms. The molecular formula is C17H26FN3O. The highest BCUT2D eigenvalue weighted by atomic mass is 19.1. The Kier molecular flexibility index (Phi) is 6.80. The van der Waals surface area contributed by atoms with Gasteiger partial charge in [-0.15, -0.1) is 0 Å². The first-order chi connectivity index (χ1) is 10.7. The van der Waals surface area contributed by atoms with E-state index in [4.69, 9.17) is 5.73 Å². The number of nitrogens with one attached hydrogen (secondary N) is 1. The van der Waals surface area contributed by atoms with Crippen LogP contribution in [0.15, 0.2) is 24.3 Å². The van der Waals surface area contributed by atoms with Crippen LogP contribution < -0.4 is 11.1 Å². The summed E-state index contributed by atoms with van der Waals surface area (Å²) in [5, 5.41) is 3.29. The zero-order valence-corrected chi connectivity index (χ0v) is 13.1. The Morgan fingerprint density at radius 3 is 2.91 bits per heavy atom. The van der Waals surface area contributed by atoms with Gasteiger partial charge in [-0.25, -0.2) is 4.39 Å².